The average Bonchev–Trinajstić information content (AvgIpc) is 2.70. The molecule has 0 aromatic heterocycles. The molecule has 2 aromatic rings. The highest BCUT2D eigenvalue weighted by Gasteiger charge is 2.23. The van der Waals surface area contributed by atoms with E-state index in [9.17, 15) is 4.79 Å². The van der Waals surface area contributed by atoms with Crippen molar-refractivity contribution in [1.29, 1.82) is 0 Å². The van der Waals surface area contributed by atoms with Crippen molar-refractivity contribution in [2.75, 3.05) is 25.5 Å². The summed E-state index contributed by atoms with van der Waals surface area (Å²) in [6.07, 6.45) is 4.49. The lowest BCUT2D eigenvalue weighted by Gasteiger charge is -2.34. The van der Waals surface area contributed by atoms with Crippen molar-refractivity contribution in [1.82, 2.24) is 4.90 Å². The van der Waals surface area contributed by atoms with Gasteiger partial charge < -0.3 is 15.0 Å². The number of hydrogen-bond donors (Lipinski definition) is 1. The summed E-state index contributed by atoms with van der Waals surface area (Å²) >= 11 is 5.91. The Morgan fingerprint density at radius 3 is 2.63 bits per heavy atom. The molecule has 3 rings (SSSR count). The van der Waals surface area contributed by atoms with E-state index in [1.54, 1.807) is 7.11 Å². The van der Waals surface area contributed by atoms with Crippen molar-refractivity contribution < 1.29 is 9.53 Å². The minimum Gasteiger partial charge on any atom is -0.497 e. The molecule has 0 radical (unpaired) electrons. The fourth-order valence-corrected chi connectivity index (χ4v) is 3.62. The molecular formula is C22H27ClN2O2. The van der Waals surface area contributed by atoms with E-state index in [0.29, 0.717) is 12.5 Å². The lowest BCUT2D eigenvalue weighted by molar-refractivity contribution is -0.132. The van der Waals surface area contributed by atoms with Gasteiger partial charge in [0.25, 0.3) is 0 Å². The third-order valence-electron chi connectivity index (χ3n) is 5.00. The van der Waals surface area contributed by atoms with Crippen LogP contribution >= 0.6 is 11.6 Å². The van der Waals surface area contributed by atoms with Gasteiger partial charge in [-0.1, -0.05) is 23.7 Å². The summed E-state index contributed by atoms with van der Waals surface area (Å²) in [5.41, 5.74) is 2.29. The monoisotopic (exact) mass is 386 g/mol. The van der Waals surface area contributed by atoms with E-state index < -0.39 is 0 Å². The van der Waals surface area contributed by atoms with Gasteiger partial charge in [-0.3, -0.25) is 4.79 Å². The molecule has 0 aliphatic carbocycles. The number of nitrogens with one attached hydrogen (secondary N) is 1. The number of carbonyl (C=O) groups is 1. The van der Waals surface area contributed by atoms with Gasteiger partial charge in [0, 0.05) is 36.3 Å². The Hall–Kier alpha value is -2.20. The number of piperidine rings is 1. The number of ether oxygens (including phenoxy) is 1. The Labute approximate surface area is 166 Å². The first-order valence-electron chi connectivity index (χ1n) is 9.57. The molecule has 1 atom stereocenters. The second-order valence-electron chi connectivity index (χ2n) is 7.03. The number of halogens is 1. The highest BCUT2D eigenvalue weighted by molar-refractivity contribution is 6.30. The molecule has 0 saturated carbocycles. The van der Waals surface area contributed by atoms with Crippen LogP contribution in [0.1, 0.15) is 31.2 Å². The number of rotatable bonds is 7. The third-order valence-corrected chi connectivity index (χ3v) is 5.26. The van der Waals surface area contributed by atoms with Gasteiger partial charge in [-0.15, -0.1) is 0 Å². The smallest absolute Gasteiger partial charge is 0.222 e. The molecule has 1 aliphatic heterocycles. The van der Waals surface area contributed by atoms with Crippen molar-refractivity contribution in [3.8, 4) is 5.75 Å². The number of carbonyl (C=O) groups excluding carboxylic acids is 1. The van der Waals surface area contributed by atoms with Crippen LogP contribution in [0.2, 0.25) is 5.02 Å². The van der Waals surface area contributed by atoms with Gasteiger partial charge in [-0.05, 0) is 67.6 Å². The van der Waals surface area contributed by atoms with Gasteiger partial charge in [0.1, 0.15) is 5.75 Å². The summed E-state index contributed by atoms with van der Waals surface area (Å²) in [6.45, 7) is 1.63. The van der Waals surface area contributed by atoms with Crippen LogP contribution in [0.4, 0.5) is 5.69 Å². The van der Waals surface area contributed by atoms with Gasteiger partial charge in [0.2, 0.25) is 5.91 Å². The van der Waals surface area contributed by atoms with Gasteiger partial charge in [-0.25, -0.2) is 0 Å². The van der Waals surface area contributed by atoms with E-state index in [1.165, 1.54) is 5.56 Å². The number of likely N-dealkylation sites (tertiary alicyclic amines) is 1. The van der Waals surface area contributed by atoms with E-state index in [4.69, 9.17) is 16.3 Å². The van der Waals surface area contributed by atoms with E-state index in [-0.39, 0.29) is 5.91 Å². The van der Waals surface area contributed by atoms with E-state index in [2.05, 4.69) is 5.32 Å². The predicted molar refractivity (Wildman–Crippen MR) is 111 cm³/mol. The maximum absolute atomic E-state index is 12.6. The van der Waals surface area contributed by atoms with Gasteiger partial charge in [0.15, 0.2) is 0 Å². The minimum atomic E-state index is 0.255. The topological polar surface area (TPSA) is 41.6 Å². The fourth-order valence-electron chi connectivity index (χ4n) is 3.50. The summed E-state index contributed by atoms with van der Waals surface area (Å²) in [4.78, 5) is 14.6. The van der Waals surface area contributed by atoms with Crippen LogP contribution in [0.25, 0.3) is 0 Å². The van der Waals surface area contributed by atoms with Crippen LogP contribution in [0, 0.1) is 0 Å². The molecule has 1 heterocycles. The van der Waals surface area contributed by atoms with Crippen LogP contribution in [0.3, 0.4) is 0 Å². The Bertz CT molecular complexity index is 731. The zero-order chi connectivity index (χ0) is 19.1. The summed E-state index contributed by atoms with van der Waals surface area (Å²) in [5.74, 6) is 1.10. The van der Waals surface area contributed by atoms with Crippen molar-refractivity contribution in [3.05, 3.63) is 59.1 Å². The fraction of sp³-hybridized carbons (Fsp3) is 0.409. The van der Waals surface area contributed by atoms with Crippen molar-refractivity contribution in [2.24, 2.45) is 0 Å². The first-order chi connectivity index (χ1) is 13.1. The molecule has 1 aliphatic rings. The molecule has 1 saturated heterocycles. The third kappa shape index (κ3) is 5.90. The summed E-state index contributed by atoms with van der Waals surface area (Å²) in [6, 6.07) is 16.1. The van der Waals surface area contributed by atoms with Gasteiger partial charge in [-0.2, -0.15) is 0 Å². The second kappa shape index (κ2) is 9.65. The Kier molecular flexibility index (Phi) is 6.99. The predicted octanol–water partition coefficient (Wildman–Crippen LogP) is 4.77. The van der Waals surface area contributed by atoms with Crippen molar-refractivity contribution >= 4 is 23.2 Å². The van der Waals surface area contributed by atoms with E-state index in [1.807, 2.05) is 53.4 Å². The molecule has 1 fully saturated rings. The summed E-state index contributed by atoms with van der Waals surface area (Å²) in [7, 11) is 1.67. The Balaban J connectivity index is 1.44. The number of anilines is 1. The quantitative estimate of drug-likeness (QED) is 0.744. The van der Waals surface area contributed by atoms with Crippen molar-refractivity contribution in [3.63, 3.8) is 0 Å². The Morgan fingerprint density at radius 1 is 1.19 bits per heavy atom. The number of hydrogen-bond acceptors (Lipinski definition) is 3. The highest BCUT2D eigenvalue weighted by atomic mass is 35.5. The summed E-state index contributed by atoms with van der Waals surface area (Å²) < 4.78 is 5.20. The van der Waals surface area contributed by atoms with Crippen LogP contribution in [0.15, 0.2) is 48.5 Å². The average molecular weight is 387 g/mol. The maximum Gasteiger partial charge on any atom is 0.222 e. The molecule has 144 valence electrons. The molecule has 27 heavy (non-hydrogen) atoms. The van der Waals surface area contributed by atoms with E-state index in [0.717, 1.165) is 55.2 Å². The molecule has 0 unspecified atom stereocenters. The van der Waals surface area contributed by atoms with Gasteiger partial charge in [0.05, 0.1) is 7.11 Å². The van der Waals surface area contributed by atoms with Crippen LogP contribution in [-0.4, -0.2) is 37.0 Å². The molecule has 1 N–H and O–H groups in total. The number of amides is 1. The molecule has 5 heteroatoms. The first kappa shape index (κ1) is 19.6. The first-order valence-corrected chi connectivity index (χ1v) is 9.94. The summed E-state index contributed by atoms with van der Waals surface area (Å²) in [5, 5.41) is 4.29. The zero-order valence-electron chi connectivity index (χ0n) is 15.8. The van der Waals surface area contributed by atoms with Crippen LogP contribution < -0.4 is 10.1 Å². The Morgan fingerprint density at radius 2 is 1.93 bits per heavy atom. The molecule has 4 nitrogen and oxygen atoms in total. The minimum absolute atomic E-state index is 0.255. The molecular weight excluding hydrogens is 360 g/mol. The van der Waals surface area contributed by atoms with Crippen molar-refractivity contribution in [2.45, 2.75) is 38.1 Å². The van der Waals surface area contributed by atoms with E-state index >= 15 is 0 Å². The van der Waals surface area contributed by atoms with Crippen LogP contribution in [0.5, 0.6) is 5.75 Å². The normalized spacial score (nSPS) is 16.8. The second-order valence-corrected chi connectivity index (χ2v) is 7.47. The largest absolute Gasteiger partial charge is 0.497 e. The number of methoxy groups -OCH3 is 1. The lowest BCUT2D eigenvalue weighted by atomic mass is 10.0. The SMILES string of the molecule is COc1ccc(N[C@@H]2CCCN(C(=O)CCCc3ccc(Cl)cc3)C2)cc1. The van der Waals surface area contributed by atoms with Crippen LogP contribution in [-0.2, 0) is 11.2 Å². The van der Waals surface area contributed by atoms with Gasteiger partial charge >= 0.3 is 0 Å². The molecule has 1 amide bonds. The standard InChI is InChI=1S/C22H27ClN2O2/c1-27-21-13-11-19(12-14-21)24-20-5-3-15-25(16-20)22(26)6-2-4-17-7-9-18(23)10-8-17/h7-14,20,24H,2-6,15-16H2,1H3/t20-/m1/s1. The molecule has 0 spiro atoms. The molecule has 2 aromatic carbocycles. The number of nitrogens with zero attached hydrogens (tertiary/aromatic N) is 1. The lowest BCUT2D eigenvalue weighted by Crippen LogP contribution is -2.45. The number of aryl methyl sites for hydroxylation is 1. The number of benzene rings is 2. The maximum atomic E-state index is 12.6. The zero-order valence-corrected chi connectivity index (χ0v) is 16.5. The highest BCUT2D eigenvalue weighted by Crippen LogP contribution is 2.20. The molecule has 0 bridgehead atoms.